The van der Waals surface area contributed by atoms with E-state index in [1.165, 1.54) is 18.2 Å². The van der Waals surface area contributed by atoms with Crippen molar-refractivity contribution in [3.8, 4) is 6.07 Å². The van der Waals surface area contributed by atoms with E-state index in [1.807, 2.05) is 4.72 Å². The number of benzene rings is 1. The predicted molar refractivity (Wildman–Crippen MR) is 61.3 cm³/mol. The van der Waals surface area contributed by atoms with E-state index in [0.717, 1.165) is 0 Å². The second-order valence-electron chi connectivity index (χ2n) is 3.73. The van der Waals surface area contributed by atoms with Crippen molar-refractivity contribution in [2.75, 3.05) is 0 Å². The van der Waals surface area contributed by atoms with Crippen molar-refractivity contribution in [3.05, 3.63) is 29.8 Å². The topological polar surface area (TPSA) is 87.0 Å². The van der Waals surface area contributed by atoms with Crippen LogP contribution in [0.4, 0.5) is 0 Å². The molecule has 17 heavy (non-hydrogen) atoms. The van der Waals surface area contributed by atoms with Gasteiger partial charge in [-0.15, -0.1) is 0 Å². The van der Waals surface area contributed by atoms with Crippen molar-refractivity contribution in [1.82, 2.24) is 4.72 Å². The lowest BCUT2D eigenvalue weighted by Gasteiger charge is -2.09. The molecule has 0 aromatic heterocycles. The number of nitrogens with one attached hydrogen (secondary N) is 1. The zero-order chi connectivity index (χ0) is 13.1. The van der Waals surface area contributed by atoms with Gasteiger partial charge in [-0.25, -0.2) is 13.1 Å². The Morgan fingerprint density at radius 1 is 1.35 bits per heavy atom. The van der Waals surface area contributed by atoms with Crippen molar-refractivity contribution in [3.63, 3.8) is 0 Å². The highest BCUT2D eigenvalue weighted by Gasteiger charge is 2.21. The standard InChI is InChI=1S/C11H12N2O3S/c1-8(2)11(14)13-17(15,16)10-6-4-3-5-9(10)7-12/h3-6,8H,1-2H3,(H,13,14). The van der Waals surface area contributed by atoms with Gasteiger partial charge in [0.15, 0.2) is 0 Å². The van der Waals surface area contributed by atoms with E-state index in [1.54, 1.807) is 26.0 Å². The summed E-state index contributed by atoms with van der Waals surface area (Å²) in [7, 11) is -3.97. The predicted octanol–water partition coefficient (Wildman–Crippen LogP) is 1.02. The molecular formula is C11H12N2O3S. The van der Waals surface area contributed by atoms with E-state index in [0.29, 0.717) is 0 Å². The van der Waals surface area contributed by atoms with Gasteiger partial charge in [-0.1, -0.05) is 26.0 Å². The molecule has 1 N–H and O–H groups in total. The summed E-state index contributed by atoms with van der Waals surface area (Å²) in [6.45, 7) is 3.17. The zero-order valence-corrected chi connectivity index (χ0v) is 10.3. The Labute approximate surface area is 100 Å². The van der Waals surface area contributed by atoms with Crippen LogP contribution >= 0.6 is 0 Å². The Hall–Kier alpha value is -1.87. The first-order valence-corrected chi connectivity index (χ1v) is 6.42. The first-order valence-electron chi connectivity index (χ1n) is 4.94. The van der Waals surface area contributed by atoms with Crippen LogP contribution in [0.1, 0.15) is 19.4 Å². The van der Waals surface area contributed by atoms with Gasteiger partial charge in [-0.05, 0) is 12.1 Å². The van der Waals surface area contributed by atoms with Gasteiger partial charge < -0.3 is 0 Å². The fraction of sp³-hybridized carbons (Fsp3) is 0.273. The van der Waals surface area contributed by atoms with Gasteiger partial charge >= 0.3 is 0 Å². The van der Waals surface area contributed by atoms with Gasteiger partial charge in [0.1, 0.15) is 11.0 Å². The van der Waals surface area contributed by atoms with Gasteiger partial charge in [-0.3, -0.25) is 4.79 Å². The SMILES string of the molecule is CC(C)C(=O)NS(=O)(=O)c1ccccc1C#N. The van der Waals surface area contributed by atoms with E-state index in [4.69, 9.17) is 5.26 Å². The van der Waals surface area contributed by atoms with Crippen molar-refractivity contribution in [1.29, 1.82) is 5.26 Å². The Morgan fingerprint density at radius 3 is 2.47 bits per heavy atom. The molecule has 0 spiro atoms. The van der Waals surface area contributed by atoms with Crippen LogP contribution in [0.3, 0.4) is 0 Å². The number of amides is 1. The average molecular weight is 252 g/mol. The molecule has 0 aliphatic carbocycles. The summed E-state index contributed by atoms with van der Waals surface area (Å²) in [5, 5.41) is 8.80. The Balaban J connectivity index is 3.15. The van der Waals surface area contributed by atoms with Gasteiger partial charge in [0.05, 0.1) is 5.56 Å². The summed E-state index contributed by atoms with van der Waals surface area (Å²) < 4.78 is 25.6. The molecule has 0 heterocycles. The van der Waals surface area contributed by atoms with E-state index in [9.17, 15) is 13.2 Å². The molecule has 90 valence electrons. The molecule has 5 nitrogen and oxygen atoms in total. The molecule has 1 amide bonds. The van der Waals surface area contributed by atoms with E-state index in [2.05, 4.69) is 0 Å². The van der Waals surface area contributed by atoms with Crippen LogP contribution in [0, 0.1) is 17.2 Å². The minimum atomic E-state index is -3.97. The maximum absolute atomic E-state index is 11.8. The molecule has 0 radical (unpaired) electrons. The first kappa shape index (κ1) is 13.2. The lowest BCUT2D eigenvalue weighted by atomic mass is 10.2. The molecule has 0 saturated heterocycles. The highest BCUT2D eigenvalue weighted by molar-refractivity contribution is 7.90. The number of carbonyl (C=O) groups excluding carboxylic acids is 1. The van der Waals surface area contributed by atoms with Crippen LogP contribution < -0.4 is 4.72 Å². The molecule has 0 aliphatic rings. The largest absolute Gasteiger partial charge is 0.274 e. The summed E-state index contributed by atoms with van der Waals surface area (Å²) in [6, 6.07) is 7.50. The second-order valence-corrected chi connectivity index (χ2v) is 5.38. The normalized spacial score (nSPS) is 10.9. The van der Waals surface area contributed by atoms with Crippen molar-refractivity contribution in [2.24, 2.45) is 5.92 Å². The van der Waals surface area contributed by atoms with Gasteiger partial charge in [-0.2, -0.15) is 5.26 Å². The molecule has 0 saturated carbocycles. The zero-order valence-electron chi connectivity index (χ0n) is 9.47. The summed E-state index contributed by atoms with van der Waals surface area (Å²) in [4.78, 5) is 11.2. The van der Waals surface area contributed by atoms with E-state index < -0.39 is 21.8 Å². The van der Waals surface area contributed by atoms with Crippen molar-refractivity contribution < 1.29 is 13.2 Å². The molecule has 6 heteroatoms. The third-order valence-corrected chi connectivity index (χ3v) is 3.46. The van der Waals surface area contributed by atoms with Crippen LogP contribution in [0.15, 0.2) is 29.2 Å². The number of nitriles is 1. The van der Waals surface area contributed by atoms with Crippen LogP contribution in [0.2, 0.25) is 0 Å². The lowest BCUT2D eigenvalue weighted by Crippen LogP contribution is -2.34. The Morgan fingerprint density at radius 2 is 1.94 bits per heavy atom. The average Bonchev–Trinajstić information content (AvgIpc) is 2.28. The molecule has 0 fully saturated rings. The molecule has 1 aromatic carbocycles. The fourth-order valence-electron chi connectivity index (χ4n) is 1.10. The molecule has 0 atom stereocenters. The molecule has 0 unspecified atom stereocenters. The van der Waals surface area contributed by atoms with Crippen LogP contribution in [-0.2, 0) is 14.8 Å². The minimum Gasteiger partial charge on any atom is -0.274 e. The van der Waals surface area contributed by atoms with Crippen LogP contribution in [-0.4, -0.2) is 14.3 Å². The van der Waals surface area contributed by atoms with Crippen LogP contribution in [0.5, 0.6) is 0 Å². The Bertz CT molecular complexity index is 571. The van der Waals surface area contributed by atoms with E-state index >= 15 is 0 Å². The summed E-state index contributed by atoms with van der Waals surface area (Å²) >= 11 is 0. The van der Waals surface area contributed by atoms with Crippen molar-refractivity contribution >= 4 is 15.9 Å². The van der Waals surface area contributed by atoms with E-state index in [-0.39, 0.29) is 10.5 Å². The maximum atomic E-state index is 11.8. The summed E-state index contributed by atoms with van der Waals surface area (Å²) in [5.41, 5.74) is 0.0107. The first-order chi connectivity index (χ1) is 7.88. The van der Waals surface area contributed by atoms with Gasteiger partial charge in [0.25, 0.3) is 10.0 Å². The fourth-order valence-corrected chi connectivity index (χ4v) is 2.37. The second kappa shape index (κ2) is 4.97. The van der Waals surface area contributed by atoms with Gasteiger partial charge in [0.2, 0.25) is 5.91 Å². The number of carbonyl (C=O) groups is 1. The highest BCUT2D eigenvalue weighted by Crippen LogP contribution is 2.14. The number of sulfonamides is 1. The minimum absolute atomic E-state index is 0.0107. The number of hydrogen-bond acceptors (Lipinski definition) is 4. The monoisotopic (exact) mass is 252 g/mol. The van der Waals surface area contributed by atoms with Gasteiger partial charge in [0, 0.05) is 5.92 Å². The Kier molecular flexibility index (Phi) is 3.86. The number of hydrogen-bond donors (Lipinski definition) is 1. The summed E-state index contributed by atoms with van der Waals surface area (Å²) in [5.74, 6) is -1.04. The summed E-state index contributed by atoms with van der Waals surface area (Å²) in [6.07, 6.45) is 0. The quantitative estimate of drug-likeness (QED) is 0.870. The smallest absolute Gasteiger partial charge is 0.265 e. The molecule has 1 rings (SSSR count). The molecule has 0 bridgehead atoms. The third kappa shape index (κ3) is 3.04. The molecule has 0 aliphatic heterocycles. The molecular weight excluding hydrogens is 240 g/mol. The molecule has 1 aromatic rings. The van der Waals surface area contributed by atoms with Crippen LogP contribution in [0.25, 0.3) is 0 Å². The van der Waals surface area contributed by atoms with Crippen molar-refractivity contribution in [2.45, 2.75) is 18.7 Å². The number of nitrogens with zero attached hydrogens (tertiary/aromatic N) is 1. The third-order valence-electron chi connectivity index (χ3n) is 2.06. The number of rotatable bonds is 3. The lowest BCUT2D eigenvalue weighted by molar-refractivity contribution is -0.122. The maximum Gasteiger partial charge on any atom is 0.265 e. The highest BCUT2D eigenvalue weighted by atomic mass is 32.2.